The summed E-state index contributed by atoms with van der Waals surface area (Å²) in [6, 6.07) is 10.2. The quantitative estimate of drug-likeness (QED) is 0.325. The molecule has 1 saturated heterocycles. The lowest BCUT2D eigenvalue weighted by molar-refractivity contribution is 0.0937. The number of nitrogens with zero attached hydrogens (tertiary/aromatic N) is 6. The molecule has 1 aliphatic heterocycles. The highest BCUT2D eigenvalue weighted by atomic mass is 32.1. The van der Waals surface area contributed by atoms with Gasteiger partial charge in [-0.2, -0.15) is 5.10 Å². The Bertz CT molecular complexity index is 1430. The van der Waals surface area contributed by atoms with E-state index in [0.29, 0.717) is 12.1 Å². The van der Waals surface area contributed by atoms with Crippen molar-refractivity contribution >= 4 is 28.7 Å². The van der Waals surface area contributed by atoms with Crippen molar-refractivity contribution in [1.82, 2.24) is 29.8 Å². The molecule has 0 aromatic carbocycles. The minimum Gasteiger partial charge on any atom is -0.351 e. The van der Waals surface area contributed by atoms with Crippen LogP contribution in [0.3, 0.4) is 0 Å². The molecular formula is C29H35N7OS. The van der Waals surface area contributed by atoms with E-state index in [1.54, 1.807) is 15.9 Å². The van der Waals surface area contributed by atoms with E-state index in [-0.39, 0.29) is 17.5 Å². The van der Waals surface area contributed by atoms with Gasteiger partial charge in [-0.15, -0.1) is 11.3 Å². The molecule has 38 heavy (non-hydrogen) atoms. The Kier molecular flexibility index (Phi) is 6.65. The van der Waals surface area contributed by atoms with Crippen molar-refractivity contribution in [2.24, 2.45) is 0 Å². The number of anilines is 1. The first kappa shape index (κ1) is 25.0. The molecule has 2 aliphatic rings. The molecule has 1 saturated carbocycles. The first-order chi connectivity index (χ1) is 18.5. The topological polar surface area (TPSA) is 78.7 Å². The number of rotatable bonds is 9. The van der Waals surface area contributed by atoms with Gasteiger partial charge in [-0.05, 0) is 75.3 Å². The average Bonchev–Trinajstić information content (AvgIpc) is 3.56. The average molecular weight is 530 g/mol. The van der Waals surface area contributed by atoms with Gasteiger partial charge in [0, 0.05) is 36.4 Å². The second-order valence-corrected chi connectivity index (χ2v) is 11.4. The van der Waals surface area contributed by atoms with E-state index in [1.165, 1.54) is 25.7 Å². The van der Waals surface area contributed by atoms with Crippen molar-refractivity contribution in [3.8, 4) is 21.8 Å². The third kappa shape index (κ3) is 4.37. The number of carbonyl (C=O) groups is 1. The second-order valence-electron chi connectivity index (χ2n) is 10.5. The number of carbonyl (C=O) groups excluding carboxylic acids is 1. The summed E-state index contributed by atoms with van der Waals surface area (Å²) in [5.41, 5.74) is 4.07. The molecule has 1 aliphatic carbocycles. The van der Waals surface area contributed by atoms with Gasteiger partial charge in [-0.25, -0.2) is 14.5 Å². The third-order valence-electron chi connectivity index (χ3n) is 8.42. The van der Waals surface area contributed by atoms with Crippen molar-refractivity contribution in [2.45, 2.75) is 58.0 Å². The van der Waals surface area contributed by atoms with E-state index in [4.69, 9.17) is 9.97 Å². The van der Waals surface area contributed by atoms with Crippen molar-refractivity contribution in [3.63, 3.8) is 0 Å². The summed E-state index contributed by atoms with van der Waals surface area (Å²) < 4.78 is 1.78. The van der Waals surface area contributed by atoms with Crippen LogP contribution in [0.4, 0.5) is 5.82 Å². The molecule has 1 atom stereocenters. The number of amides is 1. The number of pyridine rings is 1. The van der Waals surface area contributed by atoms with Gasteiger partial charge in [-0.3, -0.25) is 9.69 Å². The Morgan fingerprint density at radius 1 is 1.16 bits per heavy atom. The lowest BCUT2D eigenvalue weighted by Crippen LogP contribution is -2.64. The van der Waals surface area contributed by atoms with Crippen LogP contribution in [0.15, 0.2) is 48.1 Å². The van der Waals surface area contributed by atoms with E-state index >= 15 is 0 Å². The van der Waals surface area contributed by atoms with Crippen molar-refractivity contribution < 1.29 is 4.79 Å². The molecule has 0 bridgehead atoms. The number of likely N-dealkylation sites (N-methyl/N-ethyl adjacent to an activating group) is 1. The summed E-state index contributed by atoms with van der Waals surface area (Å²) in [6.45, 7) is 9.97. The predicted octanol–water partition coefficient (Wildman–Crippen LogP) is 5.11. The molecule has 9 heteroatoms. The maximum Gasteiger partial charge on any atom is 0.251 e. The van der Waals surface area contributed by atoms with Gasteiger partial charge in [0.05, 0.1) is 28.0 Å². The first-order valence-electron chi connectivity index (χ1n) is 13.7. The highest BCUT2D eigenvalue weighted by Crippen LogP contribution is 2.49. The monoisotopic (exact) mass is 529 g/mol. The van der Waals surface area contributed by atoms with Crippen LogP contribution in [0.1, 0.15) is 56.8 Å². The van der Waals surface area contributed by atoms with E-state index in [0.717, 1.165) is 52.9 Å². The summed E-state index contributed by atoms with van der Waals surface area (Å²) in [5.74, 6) is 0.810. The normalized spacial score (nSPS) is 17.0. The van der Waals surface area contributed by atoms with Crippen molar-refractivity contribution in [3.05, 3.63) is 53.7 Å². The summed E-state index contributed by atoms with van der Waals surface area (Å²) >= 11 is 1.66. The smallest absolute Gasteiger partial charge is 0.251 e. The number of hydrogen-bond acceptors (Lipinski definition) is 7. The van der Waals surface area contributed by atoms with Gasteiger partial charge in [0.25, 0.3) is 5.91 Å². The van der Waals surface area contributed by atoms with Gasteiger partial charge < -0.3 is 10.2 Å². The Balaban J connectivity index is 1.37. The molecule has 0 unspecified atom stereocenters. The molecule has 1 spiro atoms. The summed E-state index contributed by atoms with van der Waals surface area (Å²) in [5, 5.41) is 9.78. The molecule has 4 aromatic heterocycles. The van der Waals surface area contributed by atoms with Crippen LogP contribution in [0.5, 0.6) is 0 Å². The molecule has 5 heterocycles. The standard InChI is InChI=1S/C29H35N7OS/c1-4-34(5-2)20(3)18-30-28(37)21-16-24(32-26(17-21)35-14-12-29(35)10-7-11-29)22-19-31-36-13-9-23(33-27(22)36)25-8-6-15-38-25/h6,8-9,13,15-17,19-20H,4-5,7,10-12,14,18H2,1-3H3,(H,30,37)/t20-/m0/s1. The Morgan fingerprint density at radius 3 is 2.66 bits per heavy atom. The highest BCUT2D eigenvalue weighted by molar-refractivity contribution is 7.13. The number of fused-ring (bicyclic) bond motifs is 1. The molecule has 4 aromatic rings. The van der Waals surface area contributed by atoms with Gasteiger partial charge in [-0.1, -0.05) is 19.9 Å². The molecule has 1 amide bonds. The SMILES string of the molecule is CCN(CC)[C@@H](C)CNC(=O)c1cc(-c2cnn3ccc(-c4cccs4)nc23)nc(N2CCC23CCC3)c1. The summed E-state index contributed by atoms with van der Waals surface area (Å²) in [4.78, 5) is 29.4. The Labute approximate surface area is 227 Å². The molecule has 6 rings (SSSR count). The fourth-order valence-corrected chi connectivity index (χ4v) is 6.55. The largest absolute Gasteiger partial charge is 0.351 e. The molecule has 198 valence electrons. The highest BCUT2D eigenvalue weighted by Gasteiger charge is 2.49. The van der Waals surface area contributed by atoms with Crippen molar-refractivity contribution in [1.29, 1.82) is 0 Å². The van der Waals surface area contributed by atoms with E-state index < -0.39 is 0 Å². The van der Waals surface area contributed by atoms with Crippen LogP contribution in [-0.4, -0.2) is 68.1 Å². The van der Waals surface area contributed by atoms with E-state index in [1.807, 2.05) is 36.7 Å². The molecule has 0 radical (unpaired) electrons. The first-order valence-corrected chi connectivity index (χ1v) is 14.6. The zero-order chi connectivity index (χ0) is 26.3. The number of hydrogen-bond donors (Lipinski definition) is 1. The number of nitrogens with one attached hydrogen (secondary N) is 1. The molecule has 1 N–H and O–H groups in total. The maximum atomic E-state index is 13.5. The molecular weight excluding hydrogens is 494 g/mol. The van der Waals surface area contributed by atoms with Gasteiger partial charge in [0.15, 0.2) is 5.65 Å². The fourth-order valence-electron chi connectivity index (χ4n) is 5.86. The fraction of sp³-hybridized carbons (Fsp3) is 0.448. The third-order valence-corrected chi connectivity index (χ3v) is 9.31. The second kappa shape index (κ2) is 10.1. The lowest BCUT2D eigenvalue weighted by Gasteiger charge is -2.59. The van der Waals surface area contributed by atoms with Crippen LogP contribution in [-0.2, 0) is 0 Å². The lowest BCUT2D eigenvalue weighted by atomic mass is 9.68. The maximum absolute atomic E-state index is 13.5. The van der Waals surface area contributed by atoms with E-state index in [2.05, 4.69) is 52.4 Å². The Hall–Kier alpha value is -3.30. The van der Waals surface area contributed by atoms with Crippen LogP contribution < -0.4 is 10.2 Å². The van der Waals surface area contributed by atoms with E-state index in [9.17, 15) is 4.79 Å². The minimum atomic E-state index is -0.0687. The number of thiophene rings is 1. The zero-order valence-corrected chi connectivity index (χ0v) is 23.2. The minimum absolute atomic E-state index is 0.0687. The van der Waals surface area contributed by atoms with Crippen LogP contribution >= 0.6 is 11.3 Å². The molecule has 8 nitrogen and oxygen atoms in total. The van der Waals surface area contributed by atoms with Crippen LogP contribution in [0.25, 0.3) is 27.5 Å². The predicted molar refractivity (Wildman–Crippen MR) is 153 cm³/mol. The number of aromatic nitrogens is 4. The van der Waals surface area contributed by atoms with Gasteiger partial charge in [0.2, 0.25) is 0 Å². The Morgan fingerprint density at radius 2 is 2.00 bits per heavy atom. The van der Waals surface area contributed by atoms with Crippen LogP contribution in [0, 0.1) is 0 Å². The zero-order valence-electron chi connectivity index (χ0n) is 22.4. The van der Waals surface area contributed by atoms with Crippen molar-refractivity contribution in [2.75, 3.05) is 31.1 Å². The summed E-state index contributed by atoms with van der Waals surface area (Å²) in [7, 11) is 0. The van der Waals surface area contributed by atoms with Crippen LogP contribution in [0.2, 0.25) is 0 Å². The van der Waals surface area contributed by atoms with Gasteiger partial charge >= 0.3 is 0 Å². The van der Waals surface area contributed by atoms with Gasteiger partial charge in [0.1, 0.15) is 5.82 Å². The molecule has 2 fully saturated rings. The summed E-state index contributed by atoms with van der Waals surface area (Å²) in [6.07, 6.45) is 8.60.